The van der Waals surface area contributed by atoms with Crippen LogP contribution in [0.3, 0.4) is 0 Å². The Balaban J connectivity index is 1.75. The van der Waals surface area contributed by atoms with E-state index in [9.17, 15) is 5.11 Å². The smallest absolute Gasteiger partial charge is 0.222 e. The Morgan fingerprint density at radius 1 is 1.40 bits per heavy atom. The molecule has 2 aliphatic carbocycles. The van der Waals surface area contributed by atoms with Crippen molar-refractivity contribution >= 4 is 11.8 Å². The minimum atomic E-state index is 0.0629. The number of nitrogens with zero attached hydrogens (tertiary/aromatic N) is 3. The highest BCUT2D eigenvalue weighted by Gasteiger charge is 2.43. The summed E-state index contributed by atoms with van der Waals surface area (Å²) in [4.78, 5) is 10.7. The lowest BCUT2D eigenvalue weighted by atomic mass is 9.78. The molecule has 6 nitrogen and oxygen atoms in total. The molecular formula is C14H23N5O. The highest BCUT2D eigenvalue weighted by atomic mass is 16.3. The fourth-order valence-electron chi connectivity index (χ4n) is 2.91. The lowest BCUT2D eigenvalue weighted by Gasteiger charge is -2.32. The SMILES string of the molecule is CN(CC1(CO)CC1)c1cc(C2CC(N)C2)nc(N)n1. The van der Waals surface area contributed by atoms with Gasteiger partial charge in [-0.2, -0.15) is 4.98 Å². The molecule has 2 fully saturated rings. The molecule has 0 saturated heterocycles. The van der Waals surface area contributed by atoms with Crippen molar-refractivity contribution < 1.29 is 5.11 Å². The molecule has 0 unspecified atom stereocenters. The zero-order valence-corrected chi connectivity index (χ0v) is 11.9. The second kappa shape index (κ2) is 4.86. The summed E-state index contributed by atoms with van der Waals surface area (Å²) >= 11 is 0. The maximum atomic E-state index is 9.43. The van der Waals surface area contributed by atoms with E-state index in [2.05, 4.69) is 14.9 Å². The number of aliphatic hydroxyl groups excluding tert-OH is 1. The number of aliphatic hydroxyl groups is 1. The molecule has 0 aromatic carbocycles. The Hall–Kier alpha value is -1.40. The summed E-state index contributed by atoms with van der Waals surface area (Å²) in [5, 5.41) is 9.43. The summed E-state index contributed by atoms with van der Waals surface area (Å²) in [6.45, 7) is 1.05. The van der Waals surface area contributed by atoms with E-state index in [4.69, 9.17) is 11.5 Å². The first-order valence-electron chi connectivity index (χ1n) is 7.23. The molecule has 20 heavy (non-hydrogen) atoms. The Bertz CT molecular complexity index is 496. The highest BCUT2D eigenvalue weighted by Crippen LogP contribution is 2.46. The van der Waals surface area contributed by atoms with Gasteiger partial charge in [0.1, 0.15) is 5.82 Å². The third-order valence-electron chi connectivity index (χ3n) is 4.60. The number of nitrogens with two attached hydrogens (primary N) is 2. The third kappa shape index (κ3) is 2.58. The van der Waals surface area contributed by atoms with Crippen molar-refractivity contribution in [2.45, 2.75) is 37.6 Å². The quantitative estimate of drug-likeness (QED) is 0.723. The fourth-order valence-corrected chi connectivity index (χ4v) is 2.91. The number of nitrogen functional groups attached to an aromatic ring is 1. The molecule has 1 aromatic heterocycles. The average Bonchev–Trinajstić information content (AvgIpc) is 3.14. The monoisotopic (exact) mass is 277 g/mol. The Kier molecular flexibility index (Phi) is 3.30. The Morgan fingerprint density at radius 2 is 2.10 bits per heavy atom. The van der Waals surface area contributed by atoms with Crippen LogP contribution in [0.5, 0.6) is 0 Å². The summed E-state index contributed by atoms with van der Waals surface area (Å²) < 4.78 is 0. The summed E-state index contributed by atoms with van der Waals surface area (Å²) in [6.07, 6.45) is 4.11. The van der Waals surface area contributed by atoms with Crippen LogP contribution in [0.25, 0.3) is 0 Å². The van der Waals surface area contributed by atoms with E-state index in [1.165, 1.54) is 0 Å². The number of anilines is 2. The lowest BCUT2D eigenvalue weighted by Crippen LogP contribution is -2.35. The van der Waals surface area contributed by atoms with Crippen LogP contribution in [0, 0.1) is 5.41 Å². The molecule has 5 N–H and O–H groups in total. The summed E-state index contributed by atoms with van der Waals surface area (Å²) in [6, 6.07) is 2.31. The standard InChI is InChI=1S/C14H23N5O/c1-19(7-14(8-20)2-3-14)12-6-11(17-13(16)18-12)9-4-10(15)5-9/h6,9-10,20H,2-5,7-8,15H2,1H3,(H2,16,17,18). The first-order chi connectivity index (χ1) is 9.51. The maximum absolute atomic E-state index is 9.43. The van der Waals surface area contributed by atoms with Gasteiger partial charge in [0.15, 0.2) is 0 Å². The van der Waals surface area contributed by atoms with Gasteiger partial charge in [-0.3, -0.25) is 0 Å². The van der Waals surface area contributed by atoms with Gasteiger partial charge in [0.25, 0.3) is 0 Å². The first kappa shape index (κ1) is 13.6. The second-order valence-electron chi connectivity index (χ2n) is 6.45. The predicted molar refractivity (Wildman–Crippen MR) is 78.4 cm³/mol. The number of hydrogen-bond acceptors (Lipinski definition) is 6. The van der Waals surface area contributed by atoms with Crippen molar-refractivity contribution in [3.8, 4) is 0 Å². The van der Waals surface area contributed by atoms with Crippen molar-refractivity contribution in [2.75, 3.05) is 30.8 Å². The molecule has 0 atom stereocenters. The summed E-state index contributed by atoms with van der Waals surface area (Å²) in [7, 11) is 1.99. The molecule has 0 aliphatic heterocycles. The van der Waals surface area contributed by atoms with Crippen molar-refractivity contribution in [3.63, 3.8) is 0 Å². The van der Waals surface area contributed by atoms with E-state index in [-0.39, 0.29) is 12.0 Å². The fraction of sp³-hybridized carbons (Fsp3) is 0.714. The van der Waals surface area contributed by atoms with Gasteiger partial charge in [0.05, 0.1) is 12.3 Å². The minimum Gasteiger partial charge on any atom is -0.396 e. The normalized spacial score (nSPS) is 26.9. The van der Waals surface area contributed by atoms with Crippen LogP contribution in [0.15, 0.2) is 6.07 Å². The molecule has 3 rings (SSSR count). The molecule has 0 bridgehead atoms. The van der Waals surface area contributed by atoms with Crippen LogP contribution in [0.1, 0.15) is 37.3 Å². The zero-order valence-electron chi connectivity index (χ0n) is 11.9. The van der Waals surface area contributed by atoms with Gasteiger partial charge in [-0.05, 0) is 25.7 Å². The zero-order chi connectivity index (χ0) is 14.3. The Labute approximate surface area is 119 Å². The van der Waals surface area contributed by atoms with Crippen molar-refractivity contribution in [2.24, 2.45) is 11.1 Å². The van der Waals surface area contributed by atoms with Crippen molar-refractivity contribution in [1.29, 1.82) is 0 Å². The summed E-state index contributed by atoms with van der Waals surface area (Å²) in [5.41, 5.74) is 12.7. The van der Waals surface area contributed by atoms with Crippen LogP contribution in [-0.4, -0.2) is 41.3 Å². The average molecular weight is 277 g/mol. The maximum Gasteiger partial charge on any atom is 0.222 e. The van der Waals surface area contributed by atoms with Gasteiger partial charge in [0, 0.05) is 37.0 Å². The molecule has 0 amide bonds. The summed E-state index contributed by atoms with van der Waals surface area (Å²) in [5.74, 6) is 1.57. The molecule has 110 valence electrons. The minimum absolute atomic E-state index is 0.0629. The third-order valence-corrected chi connectivity index (χ3v) is 4.60. The number of aromatic nitrogens is 2. The van der Waals surface area contributed by atoms with Crippen LogP contribution < -0.4 is 16.4 Å². The van der Waals surface area contributed by atoms with Crippen LogP contribution in [-0.2, 0) is 0 Å². The molecular weight excluding hydrogens is 254 g/mol. The second-order valence-corrected chi connectivity index (χ2v) is 6.45. The van der Waals surface area contributed by atoms with E-state index >= 15 is 0 Å². The van der Waals surface area contributed by atoms with Crippen molar-refractivity contribution in [1.82, 2.24) is 9.97 Å². The van der Waals surface area contributed by atoms with Crippen LogP contribution in [0.2, 0.25) is 0 Å². The molecule has 2 saturated carbocycles. The topological polar surface area (TPSA) is 101 Å². The van der Waals surface area contributed by atoms with E-state index in [1.54, 1.807) is 0 Å². The van der Waals surface area contributed by atoms with Gasteiger partial charge in [-0.25, -0.2) is 4.98 Å². The number of hydrogen-bond donors (Lipinski definition) is 3. The number of rotatable bonds is 5. The molecule has 1 aromatic rings. The molecule has 2 aliphatic rings. The van der Waals surface area contributed by atoms with Crippen LogP contribution >= 0.6 is 0 Å². The van der Waals surface area contributed by atoms with E-state index in [1.807, 2.05) is 13.1 Å². The van der Waals surface area contributed by atoms with Gasteiger partial charge in [0.2, 0.25) is 5.95 Å². The lowest BCUT2D eigenvalue weighted by molar-refractivity contribution is 0.215. The highest BCUT2D eigenvalue weighted by molar-refractivity contribution is 5.44. The largest absolute Gasteiger partial charge is 0.396 e. The molecule has 6 heteroatoms. The van der Waals surface area contributed by atoms with Crippen LogP contribution in [0.4, 0.5) is 11.8 Å². The van der Waals surface area contributed by atoms with Crippen molar-refractivity contribution in [3.05, 3.63) is 11.8 Å². The molecule has 0 radical (unpaired) electrons. The predicted octanol–water partition coefficient (Wildman–Crippen LogP) is 0.472. The van der Waals surface area contributed by atoms with E-state index in [0.717, 1.165) is 43.7 Å². The molecule has 0 spiro atoms. The Morgan fingerprint density at radius 3 is 2.65 bits per heavy atom. The van der Waals surface area contributed by atoms with Gasteiger partial charge >= 0.3 is 0 Å². The van der Waals surface area contributed by atoms with Gasteiger partial charge in [-0.15, -0.1) is 0 Å². The first-order valence-corrected chi connectivity index (χ1v) is 7.23. The van der Waals surface area contributed by atoms with E-state index < -0.39 is 0 Å². The molecule has 1 heterocycles. The van der Waals surface area contributed by atoms with Gasteiger partial charge < -0.3 is 21.5 Å². The van der Waals surface area contributed by atoms with Gasteiger partial charge in [-0.1, -0.05) is 0 Å². The van der Waals surface area contributed by atoms with E-state index in [0.29, 0.717) is 17.9 Å².